The summed E-state index contributed by atoms with van der Waals surface area (Å²) in [6.45, 7) is 5.67. The fourth-order valence-corrected chi connectivity index (χ4v) is 4.34. The van der Waals surface area contributed by atoms with Gasteiger partial charge in [-0.3, -0.25) is 4.79 Å². The monoisotopic (exact) mass is 465 g/mol. The Morgan fingerprint density at radius 3 is 2.24 bits per heavy atom. The molecule has 1 heterocycles. The summed E-state index contributed by atoms with van der Waals surface area (Å²) >= 11 is 1.03. The molecule has 0 spiro atoms. The molecule has 2 aromatic carbocycles. The summed E-state index contributed by atoms with van der Waals surface area (Å²) in [6.07, 6.45) is 0.813. The smallest absolute Gasteiger partial charge is 0.349 e. The highest BCUT2D eigenvalue weighted by atomic mass is 32.1. The van der Waals surface area contributed by atoms with Gasteiger partial charge in [-0.1, -0.05) is 60.2 Å². The number of anilines is 1. The average Bonchev–Trinajstić information content (AvgIpc) is 3.13. The summed E-state index contributed by atoms with van der Waals surface area (Å²) in [5, 5.41) is 3.09. The third-order valence-electron chi connectivity index (χ3n) is 5.04. The van der Waals surface area contributed by atoms with Crippen molar-refractivity contribution in [1.29, 1.82) is 0 Å². The van der Waals surface area contributed by atoms with Crippen LogP contribution in [0.25, 0.3) is 0 Å². The van der Waals surface area contributed by atoms with Crippen molar-refractivity contribution in [2.24, 2.45) is 0 Å². The number of carbonyl (C=O) groups excluding carboxylic acids is 3. The quantitative estimate of drug-likeness (QED) is 0.424. The number of ether oxygens (including phenoxy) is 2. The van der Waals surface area contributed by atoms with Crippen molar-refractivity contribution in [2.75, 3.05) is 11.9 Å². The number of esters is 2. The zero-order chi connectivity index (χ0) is 23.8. The minimum atomic E-state index is -0.581. The van der Waals surface area contributed by atoms with Gasteiger partial charge in [0.15, 0.2) is 0 Å². The van der Waals surface area contributed by atoms with Gasteiger partial charge in [0.05, 0.1) is 12.2 Å². The fraction of sp³-hybridized carbons (Fsp3) is 0.269. The van der Waals surface area contributed by atoms with E-state index in [9.17, 15) is 14.4 Å². The lowest BCUT2D eigenvalue weighted by molar-refractivity contribution is -0.116. The first-order valence-electron chi connectivity index (χ1n) is 10.8. The summed E-state index contributed by atoms with van der Waals surface area (Å²) < 4.78 is 10.6. The van der Waals surface area contributed by atoms with Crippen molar-refractivity contribution in [3.63, 3.8) is 0 Å². The predicted molar refractivity (Wildman–Crippen MR) is 129 cm³/mol. The maximum absolute atomic E-state index is 12.7. The molecular weight excluding hydrogens is 438 g/mol. The molecule has 0 bridgehead atoms. The summed E-state index contributed by atoms with van der Waals surface area (Å²) in [4.78, 5) is 38.2. The Hall–Kier alpha value is -3.45. The molecule has 0 aliphatic heterocycles. The molecule has 0 unspecified atom stereocenters. The van der Waals surface area contributed by atoms with Gasteiger partial charge in [0.1, 0.15) is 16.5 Å². The highest BCUT2D eigenvalue weighted by molar-refractivity contribution is 7.18. The molecule has 0 aliphatic carbocycles. The van der Waals surface area contributed by atoms with E-state index in [1.165, 1.54) is 0 Å². The van der Waals surface area contributed by atoms with Crippen molar-refractivity contribution in [1.82, 2.24) is 0 Å². The number of hydrogen-bond acceptors (Lipinski definition) is 6. The number of aryl methyl sites for hydroxylation is 2. The molecule has 0 radical (unpaired) electrons. The Kier molecular flexibility index (Phi) is 8.38. The molecule has 172 valence electrons. The molecule has 1 amide bonds. The van der Waals surface area contributed by atoms with Crippen LogP contribution in [-0.4, -0.2) is 24.5 Å². The topological polar surface area (TPSA) is 81.7 Å². The normalized spacial score (nSPS) is 10.5. The predicted octanol–water partition coefficient (Wildman–Crippen LogP) is 5.47. The zero-order valence-electron chi connectivity index (χ0n) is 19.0. The van der Waals surface area contributed by atoms with Crippen LogP contribution in [-0.2, 0) is 27.3 Å². The number of thiophene rings is 1. The van der Waals surface area contributed by atoms with Gasteiger partial charge in [0.25, 0.3) is 0 Å². The Morgan fingerprint density at radius 2 is 1.58 bits per heavy atom. The van der Waals surface area contributed by atoms with Crippen LogP contribution in [0.15, 0.2) is 54.6 Å². The van der Waals surface area contributed by atoms with Gasteiger partial charge in [-0.25, -0.2) is 9.59 Å². The second kappa shape index (κ2) is 11.4. The lowest BCUT2D eigenvalue weighted by atomic mass is 10.1. The van der Waals surface area contributed by atoms with E-state index >= 15 is 0 Å². The van der Waals surface area contributed by atoms with Gasteiger partial charge in [-0.2, -0.15) is 0 Å². The van der Waals surface area contributed by atoms with Gasteiger partial charge in [0.2, 0.25) is 5.91 Å². The van der Waals surface area contributed by atoms with Crippen molar-refractivity contribution in [2.45, 2.75) is 40.2 Å². The van der Waals surface area contributed by atoms with Crippen LogP contribution < -0.4 is 5.32 Å². The summed E-state index contributed by atoms with van der Waals surface area (Å²) in [6, 6.07) is 17.3. The Labute approximate surface area is 197 Å². The van der Waals surface area contributed by atoms with E-state index in [2.05, 4.69) is 5.32 Å². The first-order valence-corrected chi connectivity index (χ1v) is 11.6. The second-order valence-electron chi connectivity index (χ2n) is 7.58. The Bertz CT molecular complexity index is 1120. The van der Waals surface area contributed by atoms with Gasteiger partial charge in [-0.15, -0.1) is 11.3 Å². The molecule has 7 heteroatoms. The lowest BCUT2D eigenvalue weighted by Gasteiger charge is -2.07. The standard InChI is InChI=1S/C26H27NO5S/c1-4-31-25(29)22-18(3)23(26(30)32-16-20-8-6-5-7-9-20)33-24(22)27-21(28)15-14-19-12-10-17(2)11-13-19/h5-13H,4,14-16H2,1-3H3,(H,27,28). The fourth-order valence-electron chi connectivity index (χ4n) is 3.24. The summed E-state index contributed by atoms with van der Waals surface area (Å²) in [5.41, 5.74) is 3.69. The molecule has 3 aromatic rings. The molecule has 33 heavy (non-hydrogen) atoms. The van der Waals surface area contributed by atoms with Gasteiger partial charge >= 0.3 is 11.9 Å². The summed E-state index contributed by atoms with van der Waals surface area (Å²) in [7, 11) is 0. The minimum Gasteiger partial charge on any atom is -0.462 e. The molecule has 0 atom stereocenters. The number of nitrogens with one attached hydrogen (secondary N) is 1. The van der Waals surface area contributed by atoms with Crippen LogP contribution in [0.3, 0.4) is 0 Å². The van der Waals surface area contributed by atoms with Gasteiger partial charge in [0, 0.05) is 6.42 Å². The van der Waals surface area contributed by atoms with Crippen molar-refractivity contribution in [3.05, 3.63) is 87.3 Å². The first kappa shape index (κ1) is 24.2. The highest BCUT2D eigenvalue weighted by Crippen LogP contribution is 2.34. The average molecular weight is 466 g/mol. The first-order chi connectivity index (χ1) is 15.9. The molecule has 0 saturated heterocycles. The molecule has 1 aromatic heterocycles. The molecular formula is C26H27NO5S. The molecule has 0 aliphatic rings. The number of rotatable bonds is 9. The maximum atomic E-state index is 12.7. The van der Waals surface area contributed by atoms with E-state index in [4.69, 9.17) is 9.47 Å². The zero-order valence-corrected chi connectivity index (χ0v) is 19.8. The third-order valence-corrected chi connectivity index (χ3v) is 6.23. The largest absolute Gasteiger partial charge is 0.462 e. The third kappa shape index (κ3) is 6.52. The van der Waals surface area contributed by atoms with Crippen LogP contribution in [0.5, 0.6) is 0 Å². The number of benzene rings is 2. The number of carbonyl (C=O) groups is 3. The molecule has 6 nitrogen and oxygen atoms in total. The molecule has 0 fully saturated rings. The van der Waals surface area contributed by atoms with Crippen molar-refractivity contribution in [3.8, 4) is 0 Å². The lowest BCUT2D eigenvalue weighted by Crippen LogP contribution is -2.15. The van der Waals surface area contributed by atoms with E-state index in [0.717, 1.165) is 28.0 Å². The molecule has 3 rings (SSSR count). The van der Waals surface area contributed by atoms with E-state index in [-0.39, 0.29) is 36.0 Å². The Balaban J connectivity index is 1.74. The van der Waals surface area contributed by atoms with Crippen LogP contribution in [0, 0.1) is 13.8 Å². The van der Waals surface area contributed by atoms with E-state index < -0.39 is 11.9 Å². The van der Waals surface area contributed by atoms with E-state index in [1.807, 2.05) is 61.5 Å². The number of amides is 1. The van der Waals surface area contributed by atoms with Crippen LogP contribution in [0.4, 0.5) is 5.00 Å². The van der Waals surface area contributed by atoms with Gasteiger partial charge in [-0.05, 0) is 43.9 Å². The molecule has 0 saturated carbocycles. The Morgan fingerprint density at radius 1 is 0.879 bits per heavy atom. The van der Waals surface area contributed by atoms with Gasteiger partial charge < -0.3 is 14.8 Å². The van der Waals surface area contributed by atoms with Crippen molar-refractivity contribution < 1.29 is 23.9 Å². The van der Waals surface area contributed by atoms with E-state index in [0.29, 0.717) is 17.0 Å². The molecule has 1 N–H and O–H groups in total. The minimum absolute atomic E-state index is 0.115. The number of hydrogen-bond donors (Lipinski definition) is 1. The maximum Gasteiger partial charge on any atom is 0.349 e. The summed E-state index contributed by atoms with van der Waals surface area (Å²) in [5.74, 6) is -1.37. The highest BCUT2D eigenvalue weighted by Gasteiger charge is 2.27. The SMILES string of the molecule is CCOC(=O)c1c(NC(=O)CCc2ccc(C)cc2)sc(C(=O)OCc2ccccc2)c1C. The van der Waals surface area contributed by atoms with Crippen LogP contribution in [0.2, 0.25) is 0 Å². The van der Waals surface area contributed by atoms with Crippen LogP contribution >= 0.6 is 11.3 Å². The second-order valence-corrected chi connectivity index (χ2v) is 8.60. The van der Waals surface area contributed by atoms with Crippen LogP contribution in [0.1, 0.15) is 55.6 Å². The van der Waals surface area contributed by atoms with E-state index in [1.54, 1.807) is 13.8 Å². The van der Waals surface area contributed by atoms with Crippen molar-refractivity contribution >= 4 is 34.2 Å².